The number of dihydropyridines is 1. The van der Waals surface area contributed by atoms with Crippen molar-refractivity contribution < 1.29 is 81.3 Å². The maximum Gasteiger partial charge on any atom is 0.296 e. The molecule has 6 rings (SSSR count). The van der Waals surface area contributed by atoms with Gasteiger partial charge in [0.15, 0.2) is 27.9 Å². The lowest BCUT2D eigenvalue weighted by Gasteiger charge is -2.16. The Balaban J connectivity index is 1.30. The molecule has 5 aromatic rings. The van der Waals surface area contributed by atoms with Gasteiger partial charge in [0.05, 0.1) is 67.7 Å². The number of nitrogens with one attached hydrogen (secondary N) is 2. The minimum Gasteiger partial charge on any atom is -0.505 e. The van der Waals surface area contributed by atoms with Gasteiger partial charge in [-0.15, -0.1) is 29.1 Å². The first-order chi connectivity index (χ1) is 33.0. The lowest BCUT2D eigenvalue weighted by Crippen LogP contribution is -2.39. The van der Waals surface area contributed by atoms with Gasteiger partial charge in [-0.05, 0) is 96.4 Å². The van der Waals surface area contributed by atoms with Gasteiger partial charge >= 0.3 is 0 Å². The van der Waals surface area contributed by atoms with Crippen LogP contribution in [0.2, 0.25) is 0 Å². The summed E-state index contributed by atoms with van der Waals surface area (Å²) in [5, 5.41) is 61.1. The summed E-state index contributed by atoms with van der Waals surface area (Å²) in [4.78, 5) is -3.24. The van der Waals surface area contributed by atoms with Crippen LogP contribution in [0, 0.1) is 0 Å². The molecule has 1 atom stereocenters. The Kier molecular flexibility index (Phi) is 16.9. The van der Waals surface area contributed by atoms with Crippen molar-refractivity contribution in [1.82, 2.24) is 5.32 Å². The van der Waals surface area contributed by atoms with Crippen LogP contribution in [0.5, 0.6) is 5.75 Å². The van der Waals surface area contributed by atoms with E-state index >= 15 is 0 Å². The van der Waals surface area contributed by atoms with Crippen molar-refractivity contribution in [3.05, 3.63) is 103 Å². The van der Waals surface area contributed by atoms with E-state index in [4.69, 9.17) is 31.9 Å². The highest BCUT2D eigenvalue weighted by molar-refractivity contribution is 7.94. The molecule has 1 aliphatic rings. The van der Waals surface area contributed by atoms with E-state index in [9.17, 15) is 47.9 Å². The minimum absolute atomic E-state index is 0.0645. The summed E-state index contributed by atoms with van der Waals surface area (Å²) in [6, 6.07) is 14.7. The van der Waals surface area contributed by atoms with Crippen LogP contribution in [-0.4, -0.2) is 76.9 Å². The standard InChI is InChI=1S/C35H33N11O18S6/c36-29-12-11-25(35(38)39-29)43-40-19-1-3-21(4-2-19)46-68(52,53)22-7-5-20(6-8-22)41-45-33-28(70(57,58)59)16-18-15-26(65-63-61-48)32(34(47)30(18)31(33)37)44-42-24-10-9-23(17-27(24)69(54,55)56)67(50,51)14-13-60-66-64-62-49/h1-12,15-17,29,39,46-49H,13-14,36-38H2,(H,54,55,56)(H,57,58,59)/b43-40+,44-42+,45-41+. The number of nitrogens with two attached hydrogens (primary N) is 3. The number of aromatic hydroxyl groups is 1. The van der Waals surface area contributed by atoms with E-state index in [1.165, 1.54) is 36.4 Å². The van der Waals surface area contributed by atoms with E-state index in [-0.39, 0.29) is 56.7 Å². The number of allylic oxidation sites excluding steroid dienone is 1. The first-order valence-corrected chi connectivity index (χ1v) is 26.0. The van der Waals surface area contributed by atoms with Gasteiger partial charge in [0.1, 0.15) is 38.4 Å². The zero-order valence-electron chi connectivity index (χ0n) is 34.6. The maximum atomic E-state index is 13.2. The molecule has 70 heavy (non-hydrogen) atoms. The molecule has 35 heteroatoms. The number of benzene rings is 5. The van der Waals surface area contributed by atoms with Crippen molar-refractivity contribution in [2.24, 2.45) is 42.2 Å². The molecule has 0 radical (unpaired) electrons. The van der Waals surface area contributed by atoms with Crippen LogP contribution in [0.3, 0.4) is 0 Å². The first kappa shape index (κ1) is 53.1. The van der Waals surface area contributed by atoms with E-state index in [1.54, 1.807) is 12.2 Å². The number of fused-ring (bicyclic) bond motifs is 1. The summed E-state index contributed by atoms with van der Waals surface area (Å²) in [7, 11) is -18.9. The number of phenols is 1. The highest BCUT2D eigenvalue weighted by Gasteiger charge is 2.27. The number of nitrogens with zero attached hydrogens (tertiary/aromatic N) is 6. The smallest absolute Gasteiger partial charge is 0.296 e. The normalized spacial score (nSPS) is 14.9. The van der Waals surface area contributed by atoms with Crippen LogP contribution in [0.1, 0.15) is 0 Å². The number of anilines is 2. The maximum absolute atomic E-state index is 13.2. The highest BCUT2D eigenvalue weighted by atomic mass is 32.2. The third kappa shape index (κ3) is 13.1. The van der Waals surface area contributed by atoms with Crippen molar-refractivity contribution in [2.75, 3.05) is 22.8 Å². The second-order valence-electron chi connectivity index (χ2n) is 13.5. The minimum atomic E-state index is -5.25. The molecule has 372 valence electrons. The fourth-order valence-corrected chi connectivity index (χ4v) is 10.2. The predicted octanol–water partition coefficient (Wildman–Crippen LogP) is 6.11. The van der Waals surface area contributed by atoms with E-state index in [0.29, 0.717) is 17.5 Å². The zero-order valence-corrected chi connectivity index (χ0v) is 39.5. The molecule has 0 bridgehead atoms. The summed E-state index contributed by atoms with van der Waals surface area (Å²) in [6.45, 7) is -0.547. The van der Waals surface area contributed by atoms with Crippen LogP contribution >= 0.6 is 24.4 Å². The summed E-state index contributed by atoms with van der Waals surface area (Å²) in [6.07, 6.45) is 2.75. The SMILES string of the molecule is NC1=C(/N=N/c2ccc(NS(=O)(=O)c3ccc(/N=N/c4c(S(=O)(=O)O)cc5cc(SOOO)c(/N=N/c6ccc(S(=O)(=O)CCOSOOO)cc6S(=O)(=O)O)c(O)c5c4N)cc3)cc2)C=CC(N)N1. The zero-order chi connectivity index (χ0) is 51.0. The first-order valence-electron chi connectivity index (χ1n) is 18.6. The summed E-state index contributed by atoms with van der Waals surface area (Å²) in [5.74, 6) is -1.47. The van der Waals surface area contributed by atoms with Gasteiger partial charge < -0.3 is 27.6 Å². The number of phenolic OH excluding ortho intramolecular Hbond substituents is 1. The molecule has 13 N–H and O–H groups in total. The summed E-state index contributed by atoms with van der Waals surface area (Å²) < 4.78 is 138. The lowest BCUT2D eigenvalue weighted by atomic mass is 10.1. The van der Waals surface area contributed by atoms with Gasteiger partial charge in [0, 0.05) is 5.69 Å². The Hall–Kier alpha value is -6.26. The lowest BCUT2D eigenvalue weighted by molar-refractivity contribution is -0.434. The fourth-order valence-electron chi connectivity index (χ4n) is 5.83. The van der Waals surface area contributed by atoms with E-state index in [0.717, 1.165) is 36.4 Å². The van der Waals surface area contributed by atoms with Gasteiger partial charge in [-0.3, -0.25) is 18.0 Å². The van der Waals surface area contributed by atoms with Crippen molar-refractivity contribution in [3.8, 4) is 5.75 Å². The fraction of sp³-hybridized carbons (Fsp3) is 0.0857. The van der Waals surface area contributed by atoms with Gasteiger partial charge in [-0.1, -0.05) is 10.1 Å². The van der Waals surface area contributed by atoms with Gasteiger partial charge in [-0.25, -0.2) is 27.4 Å². The van der Waals surface area contributed by atoms with Gasteiger partial charge in [-0.2, -0.15) is 27.1 Å². The van der Waals surface area contributed by atoms with Crippen LogP contribution in [0.4, 0.5) is 39.8 Å². The van der Waals surface area contributed by atoms with E-state index in [1.807, 2.05) is 0 Å². The number of sulfone groups is 1. The summed E-state index contributed by atoms with van der Waals surface area (Å²) in [5.41, 5.74) is 16.0. The summed E-state index contributed by atoms with van der Waals surface area (Å²) >= 11 is 0.226. The second-order valence-corrected chi connectivity index (χ2v) is 21.4. The third-order valence-corrected chi connectivity index (χ3v) is 14.8. The molecule has 0 fully saturated rings. The molecular weight excluding hydrogens is 1050 g/mol. The number of hydrogen-bond acceptors (Lipinski definition) is 28. The highest BCUT2D eigenvalue weighted by Crippen LogP contribution is 2.50. The van der Waals surface area contributed by atoms with E-state index in [2.05, 4.69) is 59.5 Å². The van der Waals surface area contributed by atoms with Crippen molar-refractivity contribution in [3.63, 3.8) is 0 Å². The molecule has 0 spiro atoms. The molecule has 5 aromatic carbocycles. The molecule has 0 saturated heterocycles. The van der Waals surface area contributed by atoms with Crippen molar-refractivity contribution in [2.45, 2.75) is 30.6 Å². The topological polar surface area (TPSA) is 460 Å². The number of azo groups is 3. The molecule has 0 aromatic heterocycles. The molecule has 1 heterocycles. The molecule has 1 aliphatic heterocycles. The molecule has 0 amide bonds. The van der Waals surface area contributed by atoms with Gasteiger partial charge in [0.25, 0.3) is 30.3 Å². The Morgan fingerprint density at radius 2 is 1.33 bits per heavy atom. The second kappa shape index (κ2) is 22.2. The number of rotatable bonds is 21. The Labute approximate surface area is 403 Å². The van der Waals surface area contributed by atoms with Crippen LogP contribution in [0.15, 0.2) is 158 Å². The number of sulfonamides is 1. The molecular formula is C35H33N11O18S6. The number of hydrogen-bond donors (Lipinski definition) is 10. The molecule has 29 nitrogen and oxygen atoms in total. The van der Waals surface area contributed by atoms with Crippen LogP contribution in [-0.2, 0) is 63.0 Å². The van der Waals surface area contributed by atoms with Crippen LogP contribution in [0.25, 0.3) is 10.8 Å². The Morgan fingerprint density at radius 3 is 1.96 bits per heavy atom. The Morgan fingerprint density at radius 1 is 0.714 bits per heavy atom. The van der Waals surface area contributed by atoms with Gasteiger partial charge in [0.2, 0.25) is 0 Å². The Bertz CT molecular complexity index is 3420. The molecule has 0 aliphatic carbocycles. The monoisotopic (exact) mass is 1090 g/mol. The number of nitrogen functional groups attached to an aromatic ring is 1. The van der Waals surface area contributed by atoms with Crippen molar-refractivity contribution in [1.29, 1.82) is 0 Å². The largest absolute Gasteiger partial charge is 0.505 e. The van der Waals surface area contributed by atoms with E-state index < -0.39 is 107 Å². The van der Waals surface area contributed by atoms with Crippen LogP contribution < -0.4 is 27.2 Å². The molecule has 0 saturated carbocycles. The third-order valence-electron chi connectivity index (χ3n) is 8.98. The quantitative estimate of drug-likeness (QED) is 0.00753. The average Bonchev–Trinajstić information content (AvgIpc) is 3.29. The van der Waals surface area contributed by atoms with Crippen molar-refractivity contribution >= 4 is 115 Å². The average molecular weight is 1090 g/mol. The molecule has 1 unspecified atom stereocenters. The predicted molar refractivity (Wildman–Crippen MR) is 245 cm³/mol.